The fourth-order valence-corrected chi connectivity index (χ4v) is 3.17. The van der Waals surface area contributed by atoms with Crippen LogP contribution < -0.4 is 10.6 Å². The normalized spacial score (nSPS) is 18.1. The van der Waals surface area contributed by atoms with Crippen LogP contribution in [0.15, 0.2) is 23.5 Å². The monoisotopic (exact) mass is 327 g/mol. The molecule has 0 saturated carbocycles. The van der Waals surface area contributed by atoms with Gasteiger partial charge in [-0.05, 0) is 12.5 Å². The lowest BCUT2D eigenvalue weighted by Crippen LogP contribution is -2.51. The Balaban J connectivity index is 1.35. The SMILES string of the molecule is NC(=NCc1nnc2n1CCC2)N1CCN(c2ncccn2)CC1. The maximum atomic E-state index is 6.16. The molecule has 0 radical (unpaired) electrons. The second-order valence-electron chi connectivity index (χ2n) is 5.98. The molecule has 2 aromatic heterocycles. The molecule has 1 saturated heterocycles. The molecule has 0 amide bonds. The third-order valence-corrected chi connectivity index (χ3v) is 4.51. The van der Waals surface area contributed by atoms with Crippen molar-refractivity contribution in [2.75, 3.05) is 31.1 Å². The quantitative estimate of drug-likeness (QED) is 0.607. The average molecular weight is 327 g/mol. The maximum Gasteiger partial charge on any atom is 0.225 e. The Bertz CT molecular complexity index is 716. The zero-order valence-electron chi connectivity index (χ0n) is 13.5. The fourth-order valence-electron chi connectivity index (χ4n) is 3.17. The van der Waals surface area contributed by atoms with Crippen LogP contribution in [0.2, 0.25) is 0 Å². The molecular weight excluding hydrogens is 306 g/mol. The lowest BCUT2D eigenvalue weighted by molar-refractivity contribution is 0.378. The molecule has 0 atom stereocenters. The average Bonchev–Trinajstić information content (AvgIpc) is 3.25. The number of rotatable bonds is 3. The summed E-state index contributed by atoms with van der Waals surface area (Å²) < 4.78 is 2.15. The number of hydrogen-bond donors (Lipinski definition) is 1. The molecule has 2 N–H and O–H groups in total. The van der Waals surface area contributed by atoms with E-state index in [-0.39, 0.29) is 0 Å². The van der Waals surface area contributed by atoms with E-state index in [1.807, 2.05) is 6.07 Å². The van der Waals surface area contributed by atoms with Gasteiger partial charge in [-0.3, -0.25) is 0 Å². The van der Waals surface area contributed by atoms with Gasteiger partial charge >= 0.3 is 0 Å². The predicted octanol–water partition coefficient (Wildman–Crippen LogP) is -0.349. The summed E-state index contributed by atoms with van der Waals surface area (Å²) in [5, 5.41) is 8.41. The predicted molar refractivity (Wildman–Crippen MR) is 89.5 cm³/mol. The van der Waals surface area contributed by atoms with Crippen LogP contribution in [-0.2, 0) is 19.5 Å². The number of hydrogen-bond acceptors (Lipinski definition) is 6. The molecule has 0 spiro atoms. The molecule has 0 aliphatic carbocycles. The Morgan fingerprint density at radius 1 is 1.08 bits per heavy atom. The summed E-state index contributed by atoms with van der Waals surface area (Å²) >= 11 is 0. The zero-order valence-corrected chi connectivity index (χ0v) is 13.5. The second kappa shape index (κ2) is 6.42. The summed E-state index contributed by atoms with van der Waals surface area (Å²) in [6, 6.07) is 1.83. The third-order valence-electron chi connectivity index (χ3n) is 4.51. The lowest BCUT2D eigenvalue weighted by Gasteiger charge is -2.35. The standard InChI is InChI=1S/C15H21N9/c16-14(19-11-13-21-20-12-3-1-6-24(12)13)22-7-9-23(10-8-22)15-17-4-2-5-18-15/h2,4-5H,1,3,6-11H2,(H2,16,19). The van der Waals surface area contributed by atoms with Crippen molar-refractivity contribution in [3.8, 4) is 0 Å². The molecule has 1 fully saturated rings. The van der Waals surface area contributed by atoms with E-state index in [1.165, 1.54) is 0 Å². The first kappa shape index (κ1) is 14.9. The number of nitrogens with two attached hydrogens (primary N) is 1. The number of aryl methyl sites for hydroxylation is 1. The Hall–Kier alpha value is -2.71. The van der Waals surface area contributed by atoms with Gasteiger partial charge < -0.3 is 20.1 Å². The van der Waals surface area contributed by atoms with Crippen molar-refractivity contribution in [2.24, 2.45) is 10.7 Å². The number of piperazine rings is 1. The van der Waals surface area contributed by atoms with E-state index in [0.29, 0.717) is 12.5 Å². The van der Waals surface area contributed by atoms with Crippen molar-refractivity contribution in [2.45, 2.75) is 25.9 Å². The van der Waals surface area contributed by atoms with E-state index in [1.54, 1.807) is 12.4 Å². The van der Waals surface area contributed by atoms with Crippen molar-refractivity contribution in [1.82, 2.24) is 29.6 Å². The van der Waals surface area contributed by atoms with E-state index in [9.17, 15) is 0 Å². The van der Waals surface area contributed by atoms with Gasteiger partial charge in [0, 0.05) is 51.5 Å². The van der Waals surface area contributed by atoms with Gasteiger partial charge in [-0.25, -0.2) is 15.0 Å². The summed E-state index contributed by atoms with van der Waals surface area (Å²) in [5.74, 6) is 3.31. The number of fused-ring (bicyclic) bond motifs is 1. The largest absolute Gasteiger partial charge is 0.370 e. The number of guanidine groups is 1. The smallest absolute Gasteiger partial charge is 0.225 e. The van der Waals surface area contributed by atoms with Crippen LogP contribution >= 0.6 is 0 Å². The maximum absolute atomic E-state index is 6.16. The van der Waals surface area contributed by atoms with Gasteiger partial charge in [-0.15, -0.1) is 10.2 Å². The van der Waals surface area contributed by atoms with Gasteiger partial charge in [0.1, 0.15) is 12.4 Å². The molecule has 4 heterocycles. The topological polar surface area (TPSA) is 101 Å². The lowest BCUT2D eigenvalue weighted by atomic mass is 10.3. The number of aromatic nitrogens is 5. The molecule has 2 aromatic rings. The van der Waals surface area contributed by atoms with Gasteiger partial charge in [0.25, 0.3) is 0 Å². The minimum Gasteiger partial charge on any atom is -0.370 e. The highest BCUT2D eigenvalue weighted by Gasteiger charge is 2.21. The van der Waals surface area contributed by atoms with Gasteiger partial charge in [-0.1, -0.05) is 0 Å². The van der Waals surface area contributed by atoms with Crippen molar-refractivity contribution in [1.29, 1.82) is 0 Å². The minimum atomic E-state index is 0.487. The Morgan fingerprint density at radius 2 is 1.88 bits per heavy atom. The van der Waals surface area contributed by atoms with E-state index in [0.717, 1.165) is 63.2 Å². The van der Waals surface area contributed by atoms with Gasteiger partial charge in [0.15, 0.2) is 11.8 Å². The number of nitrogens with zero attached hydrogens (tertiary/aromatic N) is 8. The summed E-state index contributed by atoms with van der Waals surface area (Å²) in [4.78, 5) is 17.4. The Morgan fingerprint density at radius 3 is 2.67 bits per heavy atom. The van der Waals surface area contributed by atoms with Crippen LogP contribution in [-0.4, -0.2) is 61.8 Å². The molecular formula is C15H21N9. The molecule has 4 rings (SSSR count). The Labute approximate surface area is 140 Å². The van der Waals surface area contributed by atoms with Gasteiger partial charge in [-0.2, -0.15) is 0 Å². The first-order chi connectivity index (χ1) is 11.8. The molecule has 2 aliphatic heterocycles. The van der Waals surface area contributed by atoms with Gasteiger partial charge in [0.2, 0.25) is 5.95 Å². The van der Waals surface area contributed by atoms with Gasteiger partial charge in [0.05, 0.1) is 0 Å². The summed E-state index contributed by atoms with van der Waals surface area (Å²) in [6.45, 7) is 4.77. The van der Waals surface area contributed by atoms with E-state index in [4.69, 9.17) is 5.73 Å². The molecule has 0 unspecified atom stereocenters. The summed E-state index contributed by atoms with van der Waals surface area (Å²) in [5.41, 5.74) is 6.16. The highest BCUT2D eigenvalue weighted by atomic mass is 15.4. The Kier molecular flexibility index (Phi) is 3.97. The highest BCUT2D eigenvalue weighted by Crippen LogP contribution is 2.15. The number of anilines is 1. The molecule has 0 aromatic carbocycles. The molecule has 0 bridgehead atoms. The van der Waals surface area contributed by atoms with E-state index >= 15 is 0 Å². The van der Waals surface area contributed by atoms with Crippen LogP contribution in [0.25, 0.3) is 0 Å². The highest BCUT2D eigenvalue weighted by molar-refractivity contribution is 5.78. The summed E-state index contributed by atoms with van der Waals surface area (Å²) in [7, 11) is 0. The first-order valence-corrected chi connectivity index (χ1v) is 8.29. The van der Waals surface area contributed by atoms with Crippen molar-refractivity contribution >= 4 is 11.9 Å². The van der Waals surface area contributed by atoms with Crippen LogP contribution in [0, 0.1) is 0 Å². The van der Waals surface area contributed by atoms with Crippen LogP contribution in [0.1, 0.15) is 18.1 Å². The van der Waals surface area contributed by atoms with Crippen LogP contribution in [0.5, 0.6) is 0 Å². The van der Waals surface area contributed by atoms with E-state index in [2.05, 4.69) is 39.5 Å². The van der Waals surface area contributed by atoms with Crippen LogP contribution in [0.3, 0.4) is 0 Å². The first-order valence-electron chi connectivity index (χ1n) is 8.29. The van der Waals surface area contributed by atoms with Crippen molar-refractivity contribution < 1.29 is 0 Å². The molecule has 126 valence electrons. The molecule has 9 heteroatoms. The van der Waals surface area contributed by atoms with Crippen molar-refractivity contribution in [3.63, 3.8) is 0 Å². The summed E-state index contributed by atoms with van der Waals surface area (Å²) in [6.07, 6.45) is 5.68. The van der Waals surface area contributed by atoms with Crippen LogP contribution in [0.4, 0.5) is 5.95 Å². The zero-order chi connectivity index (χ0) is 16.4. The molecule has 24 heavy (non-hydrogen) atoms. The number of aliphatic imine (C=N–C) groups is 1. The van der Waals surface area contributed by atoms with Crippen molar-refractivity contribution in [3.05, 3.63) is 30.1 Å². The second-order valence-corrected chi connectivity index (χ2v) is 5.98. The van der Waals surface area contributed by atoms with E-state index < -0.39 is 0 Å². The minimum absolute atomic E-state index is 0.487. The fraction of sp³-hybridized carbons (Fsp3) is 0.533. The third kappa shape index (κ3) is 2.89. The molecule has 2 aliphatic rings. The molecule has 9 nitrogen and oxygen atoms in total.